The third kappa shape index (κ3) is 7.24. The molecule has 1 heterocycles. The average Bonchev–Trinajstić information content (AvgIpc) is 3.16. The molecule has 3 rings (SSSR count). The Labute approximate surface area is 208 Å². The lowest BCUT2D eigenvalue weighted by Crippen LogP contribution is -2.33. The van der Waals surface area contributed by atoms with Gasteiger partial charge in [0.15, 0.2) is 5.13 Å². The van der Waals surface area contributed by atoms with E-state index in [4.69, 9.17) is 28.2 Å². The number of thioether (sulfide) groups is 1. The molecule has 0 aliphatic carbocycles. The molecule has 0 fully saturated rings. The molecule has 0 saturated carbocycles. The molecule has 0 aliphatic rings. The third-order valence-corrected chi connectivity index (χ3v) is 7.41. The first-order valence-corrected chi connectivity index (χ1v) is 12.3. The van der Waals surface area contributed by atoms with Crippen LogP contribution in [0, 0.1) is 6.92 Å². The van der Waals surface area contributed by atoms with Gasteiger partial charge in [-0.3, -0.25) is 9.69 Å². The molecule has 1 amide bonds. The number of aryl methyl sites for hydroxylation is 1. The lowest BCUT2D eigenvalue weighted by molar-refractivity contribution is -0.118. The monoisotopic (exact) mass is 517 g/mol. The van der Waals surface area contributed by atoms with Gasteiger partial charge in [0.2, 0.25) is 5.91 Å². The number of thiazole rings is 1. The summed E-state index contributed by atoms with van der Waals surface area (Å²) in [7, 11) is 4.07. The number of anilines is 1. The fourth-order valence-electron chi connectivity index (χ4n) is 3.00. The lowest BCUT2D eigenvalue weighted by Gasteiger charge is -2.21. The molecule has 0 aliphatic heterocycles. The fourth-order valence-corrected chi connectivity index (χ4v) is 5.33. The smallest absolute Gasteiger partial charge is 0.229 e. The highest BCUT2D eigenvalue weighted by molar-refractivity contribution is 7.99. The van der Waals surface area contributed by atoms with Gasteiger partial charge in [-0.05, 0) is 69.9 Å². The minimum absolute atomic E-state index is 0. The second-order valence-electron chi connectivity index (χ2n) is 7.29. The quantitative estimate of drug-likeness (QED) is 0.292. The summed E-state index contributed by atoms with van der Waals surface area (Å²) in [5.74, 6) is 0.790. The molecule has 4 nitrogen and oxygen atoms in total. The predicted octanol–water partition coefficient (Wildman–Crippen LogP) is 6.80. The number of halogens is 3. The summed E-state index contributed by atoms with van der Waals surface area (Å²) >= 11 is 15.5. The van der Waals surface area contributed by atoms with Crippen LogP contribution in [0.1, 0.15) is 18.4 Å². The van der Waals surface area contributed by atoms with Crippen LogP contribution in [0.4, 0.5) is 5.13 Å². The van der Waals surface area contributed by atoms with Crippen LogP contribution in [0.25, 0.3) is 10.2 Å². The van der Waals surface area contributed by atoms with Crippen LogP contribution in [-0.2, 0) is 4.79 Å². The molecule has 0 spiro atoms. The maximum atomic E-state index is 13.1. The van der Waals surface area contributed by atoms with Crippen molar-refractivity contribution in [1.82, 2.24) is 9.88 Å². The highest BCUT2D eigenvalue weighted by Crippen LogP contribution is 2.36. The molecule has 9 heteroatoms. The highest BCUT2D eigenvalue weighted by Gasteiger charge is 2.21. The van der Waals surface area contributed by atoms with Crippen molar-refractivity contribution in [3.8, 4) is 0 Å². The number of benzene rings is 2. The largest absolute Gasteiger partial charge is 0.309 e. The normalized spacial score (nSPS) is 11.0. The second-order valence-corrected chi connectivity index (χ2v) is 10.3. The number of carbonyl (C=O) groups is 1. The van der Waals surface area contributed by atoms with Crippen LogP contribution in [0.2, 0.25) is 10.0 Å². The number of carbonyl (C=O) groups excluding carboxylic acids is 1. The Morgan fingerprint density at radius 1 is 1.10 bits per heavy atom. The topological polar surface area (TPSA) is 36.4 Å². The van der Waals surface area contributed by atoms with E-state index >= 15 is 0 Å². The number of nitrogens with zero attached hydrogens (tertiary/aromatic N) is 3. The molecule has 168 valence electrons. The van der Waals surface area contributed by atoms with Gasteiger partial charge in [-0.1, -0.05) is 40.6 Å². The van der Waals surface area contributed by atoms with Gasteiger partial charge in [0.1, 0.15) is 0 Å². The van der Waals surface area contributed by atoms with Gasteiger partial charge in [-0.2, -0.15) is 0 Å². The summed E-state index contributed by atoms with van der Waals surface area (Å²) in [6.45, 7) is 3.57. The highest BCUT2D eigenvalue weighted by atomic mass is 35.5. The molecule has 0 atom stereocenters. The van der Waals surface area contributed by atoms with Crippen molar-refractivity contribution in [3.05, 3.63) is 52.0 Å². The van der Waals surface area contributed by atoms with Crippen LogP contribution >= 0.6 is 58.7 Å². The Hall–Kier alpha value is -1.02. The Morgan fingerprint density at radius 2 is 1.81 bits per heavy atom. The molecule has 0 unspecified atom stereocenters. The molecule has 1 aromatic heterocycles. The summed E-state index contributed by atoms with van der Waals surface area (Å²) in [5.41, 5.74) is 1.94. The summed E-state index contributed by atoms with van der Waals surface area (Å²) in [6, 6.07) is 11.5. The predicted molar refractivity (Wildman–Crippen MR) is 139 cm³/mol. The van der Waals surface area contributed by atoms with E-state index in [0.717, 1.165) is 38.8 Å². The summed E-state index contributed by atoms with van der Waals surface area (Å²) in [6.07, 6.45) is 1.32. The first-order chi connectivity index (χ1) is 14.3. The number of hydrogen-bond acceptors (Lipinski definition) is 5. The van der Waals surface area contributed by atoms with Crippen LogP contribution in [0.3, 0.4) is 0 Å². The zero-order valence-corrected chi connectivity index (χ0v) is 21.7. The van der Waals surface area contributed by atoms with Crippen molar-refractivity contribution < 1.29 is 4.79 Å². The summed E-state index contributed by atoms with van der Waals surface area (Å²) < 4.78 is 0.938. The van der Waals surface area contributed by atoms with E-state index in [-0.39, 0.29) is 18.3 Å². The van der Waals surface area contributed by atoms with Gasteiger partial charge >= 0.3 is 0 Å². The lowest BCUT2D eigenvalue weighted by atomic mass is 10.2. The van der Waals surface area contributed by atoms with E-state index in [2.05, 4.69) is 4.90 Å². The fraction of sp³-hybridized carbons (Fsp3) is 0.364. The van der Waals surface area contributed by atoms with E-state index in [1.54, 1.807) is 11.8 Å². The zero-order chi connectivity index (χ0) is 21.7. The van der Waals surface area contributed by atoms with Crippen molar-refractivity contribution >= 4 is 80.0 Å². The molecular formula is C22H26Cl3N3OS2. The van der Waals surface area contributed by atoms with Gasteiger partial charge in [0.05, 0.1) is 15.2 Å². The Balaban J connectivity index is 0.00000341. The molecule has 0 radical (unpaired) electrons. The summed E-state index contributed by atoms with van der Waals surface area (Å²) in [4.78, 5) is 22.9. The van der Waals surface area contributed by atoms with E-state index in [0.29, 0.717) is 28.8 Å². The standard InChI is InChI=1S/C22H25Cl2N3OS2.ClH/c1-15-5-10-18(24)21-20(15)25-22(30-21)27(13-4-12-26(2)3)19(28)11-14-29-17-8-6-16(23)7-9-17;/h5-10H,4,11-14H2,1-3H3;1H. The van der Waals surface area contributed by atoms with Gasteiger partial charge < -0.3 is 4.90 Å². The number of amides is 1. The first-order valence-electron chi connectivity index (χ1n) is 9.74. The van der Waals surface area contributed by atoms with Crippen LogP contribution < -0.4 is 4.90 Å². The maximum Gasteiger partial charge on any atom is 0.229 e. The number of rotatable bonds is 9. The number of hydrogen-bond donors (Lipinski definition) is 0. The molecule has 31 heavy (non-hydrogen) atoms. The van der Waals surface area contributed by atoms with Gasteiger partial charge in [-0.25, -0.2) is 4.98 Å². The molecule has 3 aromatic rings. The molecular weight excluding hydrogens is 493 g/mol. The Morgan fingerprint density at radius 3 is 2.45 bits per heavy atom. The van der Waals surface area contributed by atoms with Gasteiger partial charge in [-0.15, -0.1) is 24.2 Å². The minimum atomic E-state index is 0. The van der Waals surface area contributed by atoms with Crippen LogP contribution in [0.5, 0.6) is 0 Å². The van der Waals surface area contributed by atoms with Crippen LogP contribution in [-0.4, -0.2) is 48.7 Å². The van der Waals surface area contributed by atoms with Crippen molar-refractivity contribution in [2.45, 2.75) is 24.7 Å². The van der Waals surface area contributed by atoms with Crippen LogP contribution in [0.15, 0.2) is 41.3 Å². The van der Waals surface area contributed by atoms with E-state index in [1.807, 2.05) is 62.3 Å². The zero-order valence-electron chi connectivity index (χ0n) is 17.7. The molecule has 0 saturated heterocycles. The van der Waals surface area contributed by atoms with Crippen molar-refractivity contribution in [2.75, 3.05) is 37.8 Å². The van der Waals surface area contributed by atoms with Crippen molar-refractivity contribution in [2.24, 2.45) is 0 Å². The summed E-state index contributed by atoms with van der Waals surface area (Å²) in [5, 5.41) is 2.12. The average molecular weight is 519 g/mol. The SMILES string of the molecule is Cc1ccc(Cl)c2sc(N(CCCN(C)C)C(=O)CCSc3ccc(Cl)cc3)nc12.Cl. The molecule has 0 N–H and O–H groups in total. The van der Waals surface area contributed by atoms with E-state index < -0.39 is 0 Å². The van der Waals surface area contributed by atoms with Gasteiger partial charge in [0, 0.05) is 28.6 Å². The van der Waals surface area contributed by atoms with Crippen molar-refractivity contribution in [3.63, 3.8) is 0 Å². The van der Waals surface area contributed by atoms with Gasteiger partial charge in [0.25, 0.3) is 0 Å². The maximum absolute atomic E-state index is 13.1. The second kappa shape index (κ2) is 12.3. The van der Waals surface area contributed by atoms with E-state index in [9.17, 15) is 4.79 Å². The minimum Gasteiger partial charge on any atom is -0.309 e. The van der Waals surface area contributed by atoms with E-state index in [1.165, 1.54) is 11.3 Å². The Bertz CT molecular complexity index is 970. The number of fused-ring (bicyclic) bond motifs is 1. The Kier molecular flexibility index (Phi) is 10.4. The molecule has 2 aromatic carbocycles. The number of aromatic nitrogens is 1. The third-order valence-electron chi connectivity index (χ3n) is 4.60. The molecule has 0 bridgehead atoms. The first kappa shape index (κ1) is 26.2. The van der Waals surface area contributed by atoms with Crippen molar-refractivity contribution in [1.29, 1.82) is 0 Å².